The Bertz CT molecular complexity index is 472. The highest BCUT2D eigenvalue weighted by molar-refractivity contribution is 7.89. The van der Waals surface area contributed by atoms with Gasteiger partial charge in [0.1, 0.15) is 0 Å². The summed E-state index contributed by atoms with van der Waals surface area (Å²) in [7, 11) is -3.66. The van der Waals surface area contributed by atoms with E-state index in [9.17, 15) is 8.42 Å². The fraction of sp³-hybridized carbons (Fsp3) is 0.667. The van der Waals surface area contributed by atoms with Crippen molar-refractivity contribution >= 4 is 10.0 Å². The molecule has 5 nitrogen and oxygen atoms in total. The van der Waals surface area contributed by atoms with Gasteiger partial charge in [-0.1, -0.05) is 0 Å². The summed E-state index contributed by atoms with van der Waals surface area (Å²) in [5.41, 5.74) is 0.854. The Balaban J connectivity index is 2.51. The quantitative estimate of drug-likeness (QED) is 0.839. The SMILES string of the molecule is CC(C)n1nc(C2CC2)cc1S(N)(=O)=O. The lowest BCUT2D eigenvalue weighted by molar-refractivity contribution is 0.475. The molecule has 0 atom stereocenters. The summed E-state index contributed by atoms with van der Waals surface area (Å²) in [5, 5.41) is 9.56. The zero-order valence-electron chi connectivity index (χ0n) is 8.84. The summed E-state index contributed by atoms with van der Waals surface area (Å²) in [6, 6.07) is 1.61. The summed E-state index contributed by atoms with van der Waals surface area (Å²) in [5.74, 6) is 0.436. The van der Waals surface area contributed by atoms with Gasteiger partial charge < -0.3 is 0 Å². The van der Waals surface area contributed by atoms with E-state index < -0.39 is 10.0 Å². The summed E-state index contributed by atoms with van der Waals surface area (Å²) >= 11 is 0. The molecular formula is C9H15N3O2S. The molecule has 1 aromatic rings. The maximum atomic E-state index is 11.3. The highest BCUT2D eigenvalue weighted by atomic mass is 32.2. The molecule has 1 heterocycles. The van der Waals surface area contributed by atoms with E-state index in [0.29, 0.717) is 5.92 Å². The molecule has 84 valence electrons. The molecule has 1 saturated carbocycles. The van der Waals surface area contributed by atoms with E-state index >= 15 is 0 Å². The second-order valence-corrected chi connectivity index (χ2v) is 5.77. The summed E-state index contributed by atoms with van der Waals surface area (Å²) in [6.07, 6.45) is 2.19. The van der Waals surface area contributed by atoms with Gasteiger partial charge in [-0.3, -0.25) is 4.68 Å². The average Bonchev–Trinajstić information content (AvgIpc) is 2.81. The highest BCUT2D eigenvalue weighted by Crippen LogP contribution is 2.40. The van der Waals surface area contributed by atoms with Gasteiger partial charge in [0.25, 0.3) is 10.0 Å². The number of nitrogens with zero attached hydrogens (tertiary/aromatic N) is 2. The lowest BCUT2D eigenvalue weighted by Crippen LogP contribution is -2.19. The first-order valence-electron chi connectivity index (χ1n) is 5.02. The first kappa shape index (κ1) is 10.6. The Kier molecular flexibility index (Phi) is 2.35. The van der Waals surface area contributed by atoms with Crippen LogP contribution in [0, 0.1) is 0 Å². The van der Waals surface area contributed by atoms with E-state index in [1.807, 2.05) is 13.8 Å². The minimum absolute atomic E-state index is 0.00539. The number of sulfonamides is 1. The number of nitrogens with two attached hydrogens (primary N) is 1. The second kappa shape index (κ2) is 3.31. The number of primary sulfonamides is 1. The predicted molar refractivity (Wildman–Crippen MR) is 56.0 cm³/mol. The Hall–Kier alpha value is -0.880. The predicted octanol–water partition coefficient (Wildman–Crippen LogP) is 0.989. The molecule has 0 amide bonds. The molecular weight excluding hydrogens is 214 g/mol. The van der Waals surface area contributed by atoms with Gasteiger partial charge in [0.15, 0.2) is 5.03 Å². The standard InChI is InChI=1S/C9H15N3O2S/c1-6(2)12-9(15(10,13)14)5-8(11-12)7-3-4-7/h5-7H,3-4H2,1-2H3,(H2,10,13,14). The molecule has 2 rings (SSSR count). The van der Waals surface area contributed by atoms with E-state index in [0.717, 1.165) is 18.5 Å². The van der Waals surface area contributed by atoms with Crippen LogP contribution >= 0.6 is 0 Å². The van der Waals surface area contributed by atoms with Crippen LogP contribution < -0.4 is 5.14 Å². The van der Waals surface area contributed by atoms with Crippen LogP contribution in [0.15, 0.2) is 11.1 Å². The van der Waals surface area contributed by atoms with E-state index in [2.05, 4.69) is 5.10 Å². The van der Waals surface area contributed by atoms with Crippen molar-refractivity contribution in [1.29, 1.82) is 0 Å². The van der Waals surface area contributed by atoms with Crippen molar-refractivity contribution < 1.29 is 8.42 Å². The molecule has 1 aliphatic carbocycles. The van der Waals surface area contributed by atoms with Crippen molar-refractivity contribution in [3.05, 3.63) is 11.8 Å². The third-order valence-corrected chi connectivity index (χ3v) is 3.38. The number of aromatic nitrogens is 2. The highest BCUT2D eigenvalue weighted by Gasteiger charge is 2.29. The molecule has 0 spiro atoms. The summed E-state index contributed by atoms with van der Waals surface area (Å²) < 4.78 is 24.2. The zero-order chi connectivity index (χ0) is 11.2. The smallest absolute Gasteiger partial charge is 0.250 e. The molecule has 1 aromatic heterocycles. The van der Waals surface area contributed by atoms with E-state index in [4.69, 9.17) is 5.14 Å². The molecule has 1 aliphatic rings. The average molecular weight is 229 g/mol. The van der Waals surface area contributed by atoms with Crippen LogP contribution in [0.1, 0.15) is 44.3 Å². The van der Waals surface area contributed by atoms with Gasteiger partial charge in [0.05, 0.1) is 5.69 Å². The van der Waals surface area contributed by atoms with Crippen LogP contribution in [-0.2, 0) is 10.0 Å². The normalized spacial score (nSPS) is 17.3. The van der Waals surface area contributed by atoms with Crippen LogP contribution in [0.4, 0.5) is 0 Å². The number of rotatable bonds is 3. The molecule has 1 fully saturated rings. The Morgan fingerprint density at radius 3 is 2.47 bits per heavy atom. The molecule has 0 radical (unpaired) electrons. The Morgan fingerprint density at radius 1 is 1.53 bits per heavy atom. The Labute approximate surface area is 89.3 Å². The van der Waals surface area contributed by atoms with Gasteiger partial charge in [0.2, 0.25) is 0 Å². The first-order chi connectivity index (χ1) is 6.89. The topological polar surface area (TPSA) is 78.0 Å². The van der Waals surface area contributed by atoms with Crippen molar-refractivity contribution in [1.82, 2.24) is 9.78 Å². The van der Waals surface area contributed by atoms with Crippen molar-refractivity contribution in [2.45, 2.75) is 43.7 Å². The monoisotopic (exact) mass is 229 g/mol. The molecule has 0 unspecified atom stereocenters. The lowest BCUT2D eigenvalue weighted by atomic mass is 10.3. The maximum absolute atomic E-state index is 11.3. The van der Waals surface area contributed by atoms with Crippen LogP contribution in [0.25, 0.3) is 0 Å². The number of hydrogen-bond donors (Lipinski definition) is 1. The lowest BCUT2D eigenvalue weighted by Gasteiger charge is -2.08. The van der Waals surface area contributed by atoms with Gasteiger partial charge in [-0.25, -0.2) is 13.6 Å². The van der Waals surface area contributed by atoms with E-state index in [1.165, 1.54) is 4.68 Å². The van der Waals surface area contributed by atoms with Crippen LogP contribution in [0.3, 0.4) is 0 Å². The minimum Gasteiger partial charge on any atom is -0.250 e. The number of hydrogen-bond acceptors (Lipinski definition) is 3. The summed E-state index contributed by atoms with van der Waals surface area (Å²) in [6.45, 7) is 3.77. The molecule has 6 heteroatoms. The fourth-order valence-corrected chi connectivity index (χ4v) is 2.35. The molecule has 0 aliphatic heterocycles. The van der Waals surface area contributed by atoms with Crippen LogP contribution in [-0.4, -0.2) is 18.2 Å². The van der Waals surface area contributed by atoms with Crippen LogP contribution in [0.2, 0.25) is 0 Å². The maximum Gasteiger partial charge on any atom is 0.255 e. The third kappa shape index (κ3) is 2.05. The zero-order valence-corrected chi connectivity index (χ0v) is 9.66. The van der Waals surface area contributed by atoms with Crippen molar-refractivity contribution in [2.75, 3.05) is 0 Å². The third-order valence-electron chi connectivity index (χ3n) is 2.50. The van der Waals surface area contributed by atoms with E-state index in [-0.39, 0.29) is 11.1 Å². The molecule has 0 bridgehead atoms. The van der Waals surface area contributed by atoms with Crippen LogP contribution in [0.5, 0.6) is 0 Å². The summed E-state index contributed by atoms with van der Waals surface area (Å²) in [4.78, 5) is 0. The van der Waals surface area contributed by atoms with E-state index in [1.54, 1.807) is 6.07 Å². The van der Waals surface area contributed by atoms with Crippen molar-refractivity contribution in [2.24, 2.45) is 5.14 Å². The molecule has 15 heavy (non-hydrogen) atoms. The van der Waals surface area contributed by atoms with Gasteiger partial charge >= 0.3 is 0 Å². The second-order valence-electron chi connectivity index (χ2n) is 4.27. The van der Waals surface area contributed by atoms with Gasteiger partial charge in [-0.05, 0) is 26.7 Å². The van der Waals surface area contributed by atoms with Gasteiger partial charge in [-0.2, -0.15) is 5.10 Å². The fourth-order valence-electron chi connectivity index (χ4n) is 1.56. The van der Waals surface area contributed by atoms with Gasteiger partial charge in [0, 0.05) is 18.0 Å². The van der Waals surface area contributed by atoms with Crippen molar-refractivity contribution in [3.8, 4) is 0 Å². The largest absolute Gasteiger partial charge is 0.255 e. The Morgan fingerprint density at radius 2 is 2.13 bits per heavy atom. The molecule has 2 N–H and O–H groups in total. The molecule has 0 saturated heterocycles. The molecule has 0 aromatic carbocycles. The first-order valence-corrected chi connectivity index (χ1v) is 6.56. The van der Waals surface area contributed by atoms with Crippen molar-refractivity contribution in [3.63, 3.8) is 0 Å². The minimum atomic E-state index is -3.66. The van der Waals surface area contributed by atoms with Gasteiger partial charge in [-0.15, -0.1) is 0 Å².